The first-order chi connectivity index (χ1) is 8.81. The Morgan fingerprint density at radius 3 is 2.83 bits per heavy atom. The van der Waals surface area contributed by atoms with E-state index in [0.29, 0.717) is 6.54 Å². The van der Waals surface area contributed by atoms with Crippen molar-refractivity contribution < 1.29 is 9.90 Å². The van der Waals surface area contributed by atoms with Crippen LogP contribution in [0.15, 0.2) is 30.3 Å². The van der Waals surface area contributed by atoms with E-state index in [1.165, 1.54) is 0 Å². The summed E-state index contributed by atoms with van der Waals surface area (Å²) in [6.45, 7) is 1.33. The number of nitrogens with zero attached hydrogens (tertiary/aromatic N) is 1. The van der Waals surface area contributed by atoms with Gasteiger partial charge in [0.2, 0.25) is 0 Å². The van der Waals surface area contributed by atoms with Crippen molar-refractivity contribution in [2.75, 3.05) is 13.2 Å². The van der Waals surface area contributed by atoms with Crippen LogP contribution in [0.4, 0.5) is 4.79 Å². The van der Waals surface area contributed by atoms with Gasteiger partial charge >= 0.3 is 6.03 Å². The first-order valence-corrected chi connectivity index (χ1v) is 6.50. The molecule has 2 amide bonds. The number of aliphatic hydroxyl groups excluding tert-OH is 1. The highest BCUT2D eigenvalue weighted by atomic mass is 16.3. The van der Waals surface area contributed by atoms with Gasteiger partial charge < -0.3 is 15.3 Å². The molecule has 1 aromatic rings. The van der Waals surface area contributed by atoms with Crippen molar-refractivity contribution in [3.05, 3.63) is 35.9 Å². The molecule has 0 bridgehead atoms. The number of rotatable bonds is 3. The molecule has 1 fully saturated rings. The molecule has 0 saturated carbocycles. The topological polar surface area (TPSA) is 52.6 Å². The lowest BCUT2D eigenvalue weighted by Gasteiger charge is -2.34. The summed E-state index contributed by atoms with van der Waals surface area (Å²) in [5.74, 6) is 0. The lowest BCUT2D eigenvalue weighted by molar-refractivity contribution is 0.108. The predicted octanol–water partition coefficient (Wildman–Crippen LogP) is 1.74. The van der Waals surface area contributed by atoms with Gasteiger partial charge in [-0.3, -0.25) is 0 Å². The number of hydrogen-bond donors (Lipinski definition) is 2. The smallest absolute Gasteiger partial charge is 0.317 e. The normalized spacial score (nSPS) is 19.6. The maximum absolute atomic E-state index is 12.0. The number of likely N-dealkylation sites (tertiary alicyclic amines) is 1. The summed E-state index contributed by atoms with van der Waals surface area (Å²) in [5, 5.41) is 12.2. The maximum atomic E-state index is 12.0. The highest BCUT2D eigenvalue weighted by molar-refractivity contribution is 5.74. The third-order valence-electron chi connectivity index (χ3n) is 3.39. The van der Waals surface area contributed by atoms with Gasteiger partial charge in [0.25, 0.3) is 0 Å². The summed E-state index contributed by atoms with van der Waals surface area (Å²) in [7, 11) is 0. The fourth-order valence-electron chi connectivity index (χ4n) is 2.33. The van der Waals surface area contributed by atoms with Crippen LogP contribution in [-0.4, -0.2) is 35.2 Å². The molecular formula is C14H20N2O2. The minimum atomic E-state index is -0.0717. The first kappa shape index (κ1) is 12.9. The minimum Gasteiger partial charge on any atom is -0.394 e. The molecule has 1 aliphatic rings. The zero-order valence-corrected chi connectivity index (χ0v) is 10.5. The summed E-state index contributed by atoms with van der Waals surface area (Å²) in [5.41, 5.74) is 1.09. The summed E-state index contributed by atoms with van der Waals surface area (Å²) >= 11 is 0. The number of carbonyl (C=O) groups is 1. The van der Waals surface area contributed by atoms with Crippen molar-refractivity contribution in [3.63, 3.8) is 0 Å². The SMILES string of the molecule is O=C(NCc1ccccc1)N1CCCCC1CO. The lowest BCUT2D eigenvalue weighted by Crippen LogP contribution is -2.49. The molecule has 1 heterocycles. The number of hydrogen-bond acceptors (Lipinski definition) is 2. The van der Waals surface area contributed by atoms with E-state index < -0.39 is 0 Å². The van der Waals surface area contributed by atoms with Crippen molar-refractivity contribution in [1.29, 1.82) is 0 Å². The standard InChI is InChI=1S/C14H20N2O2/c17-11-13-8-4-5-9-16(13)14(18)15-10-12-6-2-1-3-7-12/h1-3,6-7,13,17H,4-5,8-11H2,(H,15,18). The van der Waals surface area contributed by atoms with Crippen molar-refractivity contribution in [1.82, 2.24) is 10.2 Å². The van der Waals surface area contributed by atoms with E-state index in [9.17, 15) is 9.90 Å². The van der Waals surface area contributed by atoms with Crippen LogP contribution in [0.5, 0.6) is 0 Å². The minimum absolute atomic E-state index is 0.0190. The fourth-order valence-corrected chi connectivity index (χ4v) is 2.33. The van der Waals surface area contributed by atoms with Gasteiger partial charge in [-0.2, -0.15) is 0 Å². The number of nitrogens with one attached hydrogen (secondary N) is 1. The molecule has 0 aliphatic carbocycles. The Hall–Kier alpha value is -1.55. The molecule has 18 heavy (non-hydrogen) atoms. The van der Waals surface area contributed by atoms with Crippen molar-refractivity contribution in [2.45, 2.75) is 31.8 Å². The van der Waals surface area contributed by atoms with Crippen molar-refractivity contribution in [2.24, 2.45) is 0 Å². The van der Waals surface area contributed by atoms with Gasteiger partial charge in [-0.1, -0.05) is 30.3 Å². The molecular weight excluding hydrogens is 228 g/mol. The van der Waals surface area contributed by atoms with Gasteiger partial charge in [0.05, 0.1) is 12.6 Å². The van der Waals surface area contributed by atoms with Crippen LogP contribution in [0.2, 0.25) is 0 Å². The van der Waals surface area contributed by atoms with E-state index in [2.05, 4.69) is 5.32 Å². The highest BCUT2D eigenvalue weighted by Crippen LogP contribution is 2.16. The highest BCUT2D eigenvalue weighted by Gasteiger charge is 2.25. The molecule has 98 valence electrons. The maximum Gasteiger partial charge on any atom is 0.317 e. The Morgan fingerprint density at radius 2 is 2.11 bits per heavy atom. The summed E-state index contributed by atoms with van der Waals surface area (Å²) < 4.78 is 0. The molecule has 1 atom stereocenters. The van der Waals surface area contributed by atoms with E-state index in [1.54, 1.807) is 4.90 Å². The van der Waals surface area contributed by atoms with Crippen molar-refractivity contribution in [3.8, 4) is 0 Å². The Balaban J connectivity index is 1.87. The van der Waals surface area contributed by atoms with Crippen LogP contribution in [0.1, 0.15) is 24.8 Å². The Bertz CT molecular complexity index is 381. The molecule has 1 aliphatic heterocycles. The Labute approximate surface area is 108 Å². The molecule has 0 spiro atoms. The van der Waals surface area contributed by atoms with Crippen LogP contribution < -0.4 is 5.32 Å². The predicted molar refractivity (Wildman–Crippen MR) is 70.1 cm³/mol. The van der Waals surface area contributed by atoms with E-state index in [1.807, 2.05) is 30.3 Å². The molecule has 1 saturated heterocycles. The van der Waals surface area contributed by atoms with Crippen LogP contribution in [0.3, 0.4) is 0 Å². The zero-order chi connectivity index (χ0) is 12.8. The van der Waals surface area contributed by atoms with Crippen LogP contribution >= 0.6 is 0 Å². The summed E-state index contributed by atoms with van der Waals surface area (Å²) in [6, 6.07) is 9.75. The third-order valence-corrected chi connectivity index (χ3v) is 3.39. The number of benzene rings is 1. The zero-order valence-electron chi connectivity index (χ0n) is 10.5. The number of amides is 2. The monoisotopic (exact) mass is 248 g/mol. The number of aliphatic hydroxyl groups is 1. The third kappa shape index (κ3) is 3.23. The van der Waals surface area contributed by atoms with Gasteiger partial charge in [-0.05, 0) is 24.8 Å². The van der Waals surface area contributed by atoms with Gasteiger partial charge in [0, 0.05) is 13.1 Å². The van der Waals surface area contributed by atoms with Gasteiger partial charge in [0.15, 0.2) is 0 Å². The molecule has 0 aromatic heterocycles. The van der Waals surface area contributed by atoms with E-state index >= 15 is 0 Å². The lowest BCUT2D eigenvalue weighted by atomic mass is 10.0. The van der Waals surface area contributed by atoms with Gasteiger partial charge in [-0.25, -0.2) is 4.79 Å². The van der Waals surface area contributed by atoms with Crippen LogP contribution in [0, 0.1) is 0 Å². The van der Waals surface area contributed by atoms with Crippen LogP contribution in [-0.2, 0) is 6.54 Å². The van der Waals surface area contributed by atoms with E-state index in [-0.39, 0.29) is 18.7 Å². The molecule has 0 radical (unpaired) electrons. The largest absolute Gasteiger partial charge is 0.394 e. The van der Waals surface area contributed by atoms with E-state index in [0.717, 1.165) is 31.4 Å². The van der Waals surface area contributed by atoms with E-state index in [4.69, 9.17) is 0 Å². The summed E-state index contributed by atoms with van der Waals surface area (Å²) in [4.78, 5) is 13.8. The van der Waals surface area contributed by atoms with Crippen LogP contribution in [0.25, 0.3) is 0 Å². The molecule has 1 aromatic carbocycles. The molecule has 4 heteroatoms. The average Bonchev–Trinajstić information content (AvgIpc) is 2.45. The Kier molecular flexibility index (Phi) is 4.59. The second-order valence-corrected chi connectivity index (χ2v) is 4.67. The molecule has 2 N–H and O–H groups in total. The average molecular weight is 248 g/mol. The quantitative estimate of drug-likeness (QED) is 0.856. The second kappa shape index (κ2) is 6.40. The molecule has 1 unspecified atom stereocenters. The number of urea groups is 1. The Morgan fingerprint density at radius 1 is 1.33 bits per heavy atom. The van der Waals surface area contributed by atoms with Gasteiger partial charge in [0.1, 0.15) is 0 Å². The number of carbonyl (C=O) groups excluding carboxylic acids is 1. The first-order valence-electron chi connectivity index (χ1n) is 6.50. The second-order valence-electron chi connectivity index (χ2n) is 4.67. The summed E-state index contributed by atoms with van der Waals surface area (Å²) in [6.07, 6.45) is 3.01. The van der Waals surface area contributed by atoms with Gasteiger partial charge in [-0.15, -0.1) is 0 Å². The van der Waals surface area contributed by atoms with Crippen molar-refractivity contribution >= 4 is 6.03 Å². The molecule has 4 nitrogen and oxygen atoms in total. The molecule has 2 rings (SSSR count). The number of piperidine rings is 1. The fraction of sp³-hybridized carbons (Fsp3) is 0.500.